The third-order valence-electron chi connectivity index (χ3n) is 3.26. The quantitative estimate of drug-likeness (QED) is 0.787. The maximum Gasteiger partial charge on any atom is 0.171 e. The van der Waals surface area contributed by atoms with Crippen LogP contribution in [-0.4, -0.2) is 16.4 Å². The molecular weight excluding hydrogens is 330 g/mol. The Hall–Kier alpha value is -1.09. The van der Waals surface area contributed by atoms with Gasteiger partial charge in [0.1, 0.15) is 6.07 Å². The molecule has 2 aromatic rings. The first-order valence-electron chi connectivity index (χ1n) is 6.09. The smallest absolute Gasteiger partial charge is 0.171 e. The molecule has 0 amide bonds. The van der Waals surface area contributed by atoms with Crippen LogP contribution in [0.2, 0.25) is 5.02 Å². The van der Waals surface area contributed by atoms with E-state index >= 15 is 0 Å². The summed E-state index contributed by atoms with van der Waals surface area (Å²) >= 11 is 9.65. The van der Waals surface area contributed by atoms with Gasteiger partial charge in [0, 0.05) is 11.1 Å². The maximum absolute atomic E-state index is 9.20. The molecule has 3 rings (SSSR count). The Labute approximate surface area is 124 Å². The highest BCUT2D eigenvalue weighted by atomic mass is 79.9. The lowest BCUT2D eigenvalue weighted by Crippen LogP contribution is -2.19. The molecule has 6 heteroatoms. The van der Waals surface area contributed by atoms with Gasteiger partial charge in [-0.3, -0.25) is 0 Å². The van der Waals surface area contributed by atoms with E-state index in [1.807, 2.05) is 6.07 Å². The summed E-state index contributed by atoms with van der Waals surface area (Å²) in [6.07, 6.45) is 2.98. The Morgan fingerprint density at radius 1 is 1.47 bits per heavy atom. The molecular formula is C13H11BrClN3O. The van der Waals surface area contributed by atoms with Crippen LogP contribution in [0.4, 0.5) is 0 Å². The third-order valence-corrected chi connectivity index (χ3v) is 4.02. The first kappa shape index (κ1) is 12.9. The second-order valence-corrected chi connectivity index (χ2v) is 5.83. The SMILES string of the molecule is N#Cc1nn(C2CCCCO2)c2cc(Br)cc(Cl)c12. The van der Waals surface area contributed by atoms with E-state index in [-0.39, 0.29) is 6.23 Å². The number of nitriles is 1. The Kier molecular flexibility index (Phi) is 3.48. The van der Waals surface area contributed by atoms with E-state index < -0.39 is 0 Å². The zero-order valence-corrected chi connectivity index (χ0v) is 12.4. The van der Waals surface area contributed by atoms with Gasteiger partial charge in [0.2, 0.25) is 0 Å². The minimum absolute atomic E-state index is 0.108. The molecule has 1 aromatic heterocycles. The average Bonchev–Trinajstić information content (AvgIpc) is 2.78. The molecule has 0 aliphatic carbocycles. The van der Waals surface area contributed by atoms with Crippen LogP contribution in [0.1, 0.15) is 31.2 Å². The van der Waals surface area contributed by atoms with Crippen molar-refractivity contribution in [2.24, 2.45) is 0 Å². The van der Waals surface area contributed by atoms with E-state index in [1.165, 1.54) is 0 Å². The highest BCUT2D eigenvalue weighted by Gasteiger charge is 2.22. The van der Waals surface area contributed by atoms with Gasteiger partial charge in [0.15, 0.2) is 11.9 Å². The van der Waals surface area contributed by atoms with Gasteiger partial charge < -0.3 is 4.74 Å². The fourth-order valence-corrected chi connectivity index (χ4v) is 3.28. The molecule has 1 aliphatic rings. The number of nitrogens with zero attached hydrogens (tertiary/aromatic N) is 3. The molecule has 1 unspecified atom stereocenters. The summed E-state index contributed by atoms with van der Waals surface area (Å²) in [6, 6.07) is 5.80. The summed E-state index contributed by atoms with van der Waals surface area (Å²) in [5.74, 6) is 0. The molecule has 0 N–H and O–H groups in total. The Morgan fingerprint density at radius 3 is 3.00 bits per heavy atom. The molecule has 0 radical (unpaired) electrons. The van der Waals surface area contributed by atoms with Crippen LogP contribution in [0.5, 0.6) is 0 Å². The minimum Gasteiger partial charge on any atom is -0.356 e. The van der Waals surface area contributed by atoms with Crippen molar-refractivity contribution in [3.63, 3.8) is 0 Å². The Morgan fingerprint density at radius 2 is 2.32 bits per heavy atom. The van der Waals surface area contributed by atoms with E-state index in [0.29, 0.717) is 16.1 Å². The van der Waals surface area contributed by atoms with E-state index in [4.69, 9.17) is 16.3 Å². The molecule has 0 saturated carbocycles. The highest BCUT2D eigenvalue weighted by molar-refractivity contribution is 9.10. The predicted molar refractivity (Wildman–Crippen MR) is 76.0 cm³/mol. The van der Waals surface area contributed by atoms with Gasteiger partial charge in [-0.15, -0.1) is 0 Å². The molecule has 98 valence electrons. The van der Waals surface area contributed by atoms with E-state index in [1.54, 1.807) is 10.7 Å². The predicted octanol–water partition coefficient (Wildman–Crippen LogP) is 4.02. The first-order chi connectivity index (χ1) is 9.20. The molecule has 1 aliphatic heterocycles. The number of aromatic nitrogens is 2. The number of ether oxygens (including phenoxy) is 1. The number of hydrogen-bond acceptors (Lipinski definition) is 3. The number of halogens is 2. The fourth-order valence-electron chi connectivity index (χ4n) is 2.40. The number of benzene rings is 1. The lowest BCUT2D eigenvalue weighted by Gasteiger charge is -2.23. The zero-order chi connectivity index (χ0) is 13.4. The summed E-state index contributed by atoms with van der Waals surface area (Å²) in [5, 5.41) is 14.8. The van der Waals surface area contributed by atoms with Crippen LogP contribution in [0, 0.1) is 11.3 Å². The highest BCUT2D eigenvalue weighted by Crippen LogP contribution is 2.34. The summed E-state index contributed by atoms with van der Waals surface area (Å²) in [7, 11) is 0. The molecule has 19 heavy (non-hydrogen) atoms. The van der Waals surface area contributed by atoms with Crippen molar-refractivity contribution in [3.05, 3.63) is 27.3 Å². The third kappa shape index (κ3) is 2.25. The second kappa shape index (κ2) is 5.12. The molecule has 2 heterocycles. The van der Waals surface area contributed by atoms with Gasteiger partial charge in [-0.25, -0.2) is 4.68 Å². The average molecular weight is 341 g/mol. The Balaban J connectivity index is 2.22. The summed E-state index contributed by atoms with van der Waals surface area (Å²) in [6.45, 7) is 0.732. The van der Waals surface area contributed by atoms with Crippen molar-refractivity contribution in [1.82, 2.24) is 9.78 Å². The van der Waals surface area contributed by atoms with Crippen molar-refractivity contribution < 1.29 is 4.74 Å². The van der Waals surface area contributed by atoms with Crippen LogP contribution in [0.3, 0.4) is 0 Å². The maximum atomic E-state index is 9.20. The molecule has 0 spiro atoms. The standard InChI is InChI=1S/C13H11BrClN3O/c14-8-5-9(15)13-10(7-16)17-18(11(13)6-8)12-3-1-2-4-19-12/h5-6,12H,1-4H2. The van der Waals surface area contributed by atoms with Crippen LogP contribution < -0.4 is 0 Å². The first-order valence-corrected chi connectivity index (χ1v) is 7.27. The van der Waals surface area contributed by atoms with Crippen molar-refractivity contribution in [2.75, 3.05) is 6.61 Å². The van der Waals surface area contributed by atoms with Crippen LogP contribution in [-0.2, 0) is 4.74 Å². The van der Waals surface area contributed by atoms with Gasteiger partial charge in [-0.2, -0.15) is 10.4 Å². The topological polar surface area (TPSA) is 50.8 Å². The number of hydrogen-bond donors (Lipinski definition) is 0. The van der Waals surface area contributed by atoms with Gasteiger partial charge >= 0.3 is 0 Å². The second-order valence-electron chi connectivity index (χ2n) is 4.51. The number of fused-ring (bicyclic) bond motifs is 1. The van der Waals surface area contributed by atoms with Crippen molar-refractivity contribution in [3.8, 4) is 6.07 Å². The summed E-state index contributed by atoms with van der Waals surface area (Å²) in [4.78, 5) is 0. The van der Waals surface area contributed by atoms with Crippen LogP contribution in [0.25, 0.3) is 10.9 Å². The summed E-state index contributed by atoms with van der Waals surface area (Å²) < 4.78 is 8.39. The molecule has 0 bridgehead atoms. The van der Waals surface area contributed by atoms with Gasteiger partial charge in [0.05, 0.1) is 15.9 Å². The van der Waals surface area contributed by atoms with E-state index in [0.717, 1.165) is 35.9 Å². The lowest BCUT2D eigenvalue weighted by molar-refractivity contribution is -0.0367. The molecule has 4 nitrogen and oxygen atoms in total. The summed E-state index contributed by atoms with van der Waals surface area (Å²) in [5.41, 5.74) is 1.18. The van der Waals surface area contributed by atoms with Gasteiger partial charge in [-0.1, -0.05) is 27.5 Å². The monoisotopic (exact) mass is 339 g/mol. The van der Waals surface area contributed by atoms with Gasteiger partial charge in [-0.05, 0) is 31.4 Å². The fraction of sp³-hybridized carbons (Fsp3) is 0.385. The van der Waals surface area contributed by atoms with Crippen LogP contribution in [0.15, 0.2) is 16.6 Å². The number of rotatable bonds is 1. The minimum atomic E-state index is -0.108. The zero-order valence-electron chi connectivity index (χ0n) is 10.1. The molecule has 1 atom stereocenters. The normalized spacial score (nSPS) is 19.5. The molecule has 1 aromatic carbocycles. The van der Waals surface area contributed by atoms with E-state index in [2.05, 4.69) is 27.1 Å². The molecule has 1 fully saturated rings. The van der Waals surface area contributed by atoms with Crippen molar-refractivity contribution in [1.29, 1.82) is 5.26 Å². The largest absolute Gasteiger partial charge is 0.356 e. The molecule has 1 saturated heterocycles. The Bertz CT molecular complexity index is 671. The van der Waals surface area contributed by atoms with Crippen LogP contribution >= 0.6 is 27.5 Å². The van der Waals surface area contributed by atoms with Gasteiger partial charge in [0.25, 0.3) is 0 Å². The van der Waals surface area contributed by atoms with E-state index in [9.17, 15) is 5.26 Å². The van der Waals surface area contributed by atoms with Crippen molar-refractivity contribution >= 4 is 38.4 Å². The lowest BCUT2D eigenvalue weighted by atomic mass is 10.2. The van der Waals surface area contributed by atoms with Crippen molar-refractivity contribution in [2.45, 2.75) is 25.5 Å².